The van der Waals surface area contributed by atoms with Gasteiger partial charge in [-0.2, -0.15) is 13.2 Å². The molecule has 0 radical (unpaired) electrons. The Hall–Kier alpha value is -2.43. The predicted molar refractivity (Wildman–Crippen MR) is 118 cm³/mol. The van der Waals surface area contributed by atoms with Gasteiger partial charge in [0.15, 0.2) is 0 Å². The van der Waals surface area contributed by atoms with E-state index in [9.17, 15) is 28.2 Å². The van der Waals surface area contributed by atoms with Gasteiger partial charge in [0.1, 0.15) is 12.1 Å². The number of benzene rings is 1. The molecule has 0 saturated carbocycles. The minimum atomic E-state index is -4.92. The van der Waals surface area contributed by atoms with E-state index in [1.807, 2.05) is 0 Å². The van der Waals surface area contributed by atoms with E-state index >= 15 is 4.39 Å². The van der Waals surface area contributed by atoms with Crippen molar-refractivity contribution in [2.75, 3.05) is 26.3 Å². The molecule has 3 rings (SSSR count). The molecule has 1 heterocycles. The Morgan fingerprint density at radius 3 is 2.35 bits per heavy atom. The molecule has 3 N–H and O–H groups in total. The predicted octanol–water partition coefficient (Wildman–Crippen LogP) is 3.74. The van der Waals surface area contributed by atoms with Crippen LogP contribution in [0.15, 0.2) is 47.7 Å². The Morgan fingerprint density at radius 2 is 1.82 bits per heavy atom. The number of alkyl halides is 4. The highest BCUT2D eigenvalue weighted by Gasteiger charge is 2.50. The maximum Gasteiger partial charge on any atom is 0.407 e. The first-order chi connectivity index (χ1) is 15.9. The average molecular weight is 487 g/mol. The molecule has 0 aromatic heterocycles. The highest BCUT2D eigenvalue weighted by Crippen LogP contribution is 2.44. The standard InChI is InChI=1S/C24H30F4N2O4/c1-15(2)12-19(22(31)32)29-21(24(26,27)28)17-14-23(25,33)18(16-6-4-3-5-7-16)13-20(17)30-8-10-34-11-9-30/h3-7,13,15,19,21,29,33H,8-12,14H2,1-2H3,(H,31,32). The third kappa shape index (κ3) is 6.17. The van der Waals surface area contributed by atoms with Crippen LogP contribution < -0.4 is 5.32 Å². The molecule has 1 saturated heterocycles. The monoisotopic (exact) mass is 486 g/mol. The van der Waals surface area contributed by atoms with Crippen molar-refractivity contribution in [2.24, 2.45) is 5.92 Å². The lowest BCUT2D eigenvalue weighted by molar-refractivity contribution is -0.157. The summed E-state index contributed by atoms with van der Waals surface area (Å²) >= 11 is 0. The van der Waals surface area contributed by atoms with Crippen LogP contribution in [-0.2, 0) is 9.53 Å². The highest BCUT2D eigenvalue weighted by molar-refractivity contribution is 5.76. The summed E-state index contributed by atoms with van der Waals surface area (Å²) in [6, 6.07) is 4.17. The third-order valence-corrected chi connectivity index (χ3v) is 5.93. The maximum absolute atomic E-state index is 15.6. The Kier molecular flexibility index (Phi) is 8.05. The number of nitrogens with zero attached hydrogens (tertiary/aromatic N) is 1. The van der Waals surface area contributed by atoms with Gasteiger partial charge in [-0.15, -0.1) is 0 Å². The zero-order chi connectivity index (χ0) is 25.1. The number of nitrogens with one attached hydrogen (secondary N) is 1. The molecule has 34 heavy (non-hydrogen) atoms. The molecule has 3 unspecified atom stereocenters. The van der Waals surface area contributed by atoms with Gasteiger partial charge in [-0.25, -0.2) is 4.39 Å². The van der Waals surface area contributed by atoms with Crippen molar-refractivity contribution in [2.45, 2.75) is 50.8 Å². The second kappa shape index (κ2) is 10.5. The second-order valence-electron chi connectivity index (χ2n) is 9.03. The maximum atomic E-state index is 15.6. The molecule has 0 amide bonds. The first-order valence-electron chi connectivity index (χ1n) is 11.2. The average Bonchev–Trinajstić information content (AvgIpc) is 2.76. The molecule has 3 atom stereocenters. The molecule has 0 bridgehead atoms. The number of aliphatic carboxylic acids is 1. The number of carboxylic acids is 1. The summed E-state index contributed by atoms with van der Waals surface area (Å²) in [7, 11) is 0. The molecule has 1 aromatic rings. The molecule has 6 nitrogen and oxygen atoms in total. The number of carboxylic acid groups (broad SMARTS) is 1. The van der Waals surface area contributed by atoms with E-state index in [4.69, 9.17) is 4.74 Å². The van der Waals surface area contributed by atoms with Crippen LogP contribution in [0.5, 0.6) is 0 Å². The minimum Gasteiger partial charge on any atom is -0.480 e. The fourth-order valence-electron chi connectivity index (χ4n) is 4.35. The third-order valence-electron chi connectivity index (χ3n) is 5.93. The number of ether oxygens (including phenoxy) is 1. The van der Waals surface area contributed by atoms with Gasteiger partial charge in [0.2, 0.25) is 5.85 Å². The van der Waals surface area contributed by atoms with Gasteiger partial charge in [0, 0.05) is 30.8 Å². The van der Waals surface area contributed by atoms with Gasteiger partial charge >= 0.3 is 12.1 Å². The zero-order valence-electron chi connectivity index (χ0n) is 19.1. The van der Waals surface area contributed by atoms with E-state index in [-0.39, 0.29) is 49.9 Å². The Bertz CT molecular complexity index is 923. The lowest BCUT2D eigenvalue weighted by Crippen LogP contribution is -2.54. The molecule has 1 aromatic carbocycles. The van der Waals surface area contributed by atoms with Crippen molar-refractivity contribution in [3.63, 3.8) is 0 Å². The number of aliphatic hydroxyl groups is 1. The van der Waals surface area contributed by atoms with Crippen LogP contribution in [0.4, 0.5) is 17.6 Å². The fourth-order valence-corrected chi connectivity index (χ4v) is 4.35. The molecule has 10 heteroatoms. The summed E-state index contributed by atoms with van der Waals surface area (Å²) < 4.78 is 63.8. The fraction of sp³-hybridized carbons (Fsp3) is 0.542. The Labute approximate surface area is 195 Å². The van der Waals surface area contributed by atoms with Crippen molar-refractivity contribution in [3.8, 4) is 0 Å². The van der Waals surface area contributed by atoms with Crippen molar-refractivity contribution in [1.82, 2.24) is 10.2 Å². The summed E-state index contributed by atoms with van der Waals surface area (Å²) in [6.45, 7) is 4.52. The van der Waals surface area contributed by atoms with E-state index in [1.54, 1.807) is 49.1 Å². The summed E-state index contributed by atoms with van der Waals surface area (Å²) in [5, 5.41) is 22.4. The van der Waals surface area contributed by atoms with Gasteiger partial charge in [-0.1, -0.05) is 44.2 Å². The molecular weight excluding hydrogens is 456 g/mol. The van der Waals surface area contributed by atoms with Crippen LogP contribution in [0.2, 0.25) is 0 Å². The number of morpholine rings is 1. The SMILES string of the molecule is CC(C)CC(NC(C1=C(N2CCOCC2)C=C(c2ccccc2)C(O)(F)C1)C(F)(F)F)C(=O)O. The number of hydrogen-bond donors (Lipinski definition) is 3. The Balaban J connectivity index is 2.15. The minimum absolute atomic E-state index is 0.0485. The van der Waals surface area contributed by atoms with E-state index in [0.717, 1.165) is 0 Å². The van der Waals surface area contributed by atoms with Crippen LogP contribution in [0, 0.1) is 5.92 Å². The number of rotatable bonds is 8. The van der Waals surface area contributed by atoms with E-state index in [2.05, 4.69) is 5.32 Å². The van der Waals surface area contributed by atoms with Gasteiger partial charge in [0.25, 0.3) is 0 Å². The van der Waals surface area contributed by atoms with Gasteiger partial charge in [-0.05, 0) is 29.6 Å². The smallest absolute Gasteiger partial charge is 0.407 e. The van der Waals surface area contributed by atoms with Crippen LogP contribution in [0.3, 0.4) is 0 Å². The van der Waals surface area contributed by atoms with Gasteiger partial charge in [-0.3, -0.25) is 10.1 Å². The molecular formula is C24H30F4N2O4. The summed E-state index contributed by atoms with van der Waals surface area (Å²) in [4.78, 5) is 13.4. The lowest BCUT2D eigenvalue weighted by Gasteiger charge is -2.40. The first-order valence-corrected chi connectivity index (χ1v) is 11.2. The number of halogens is 4. The number of hydrogen-bond acceptors (Lipinski definition) is 5. The van der Waals surface area contributed by atoms with Crippen LogP contribution in [0.25, 0.3) is 5.57 Å². The van der Waals surface area contributed by atoms with Crippen molar-refractivity contribution < 1.29 is 37.3 Å². The largest absolute Gasteiger partial charge is 0.480 e. The lowest BCUT2D eigenvalue weighted by atomic mass is 9.83. The summed E-state index contributed by atoms with van der Waals surface area (Å²) in [6.07, 6.45) is -4.68. The van der Waals surface area contributed by atoms with Gasteiger partial charge in [0.05, 0.1) is 13.2 Å². The van der Waals surface area contributed by atoms with Crippen LogP contribution >= 0.6 is 0 Å². The highest BCUT2D eigenvalue weighted by atomic mass is 19.4. The Morgan fingerprint density at radius 1 is 1.21 bits per heavy atom. The number of allylic oxidation sites excluding steroid dienone is 1. The van der Waals surface area contributed by atoms with Crippen molar-refractivity contribution in [1.29, 1.82) is 0 Å². The molecule has 1 aliphatic heterocycles. The number of carbonyl (C=O) groups is 1. The van der Waals surface area contributed by atoms with Crippen molar-refractivity contribution >= 4 is 11.5 Å². The van der Waals surface area contributed by atoms with Crippen molar-refractivity contribution in [3.05, 3.63) is 53.2 Å². The topological polar surface area (TPSA) is 82.0 Å². The summed E-state index contributed by atoms with van der Waals surface area (Å²) in [5.41, 5.74) is -0.115. The van der Waals surface area contributed by atoms with Gasteiger partial charge < -0.3 is 19.8 Å². The first kappa shape index (κ1) is 26.2. The molecule has 2 aliphatic rings. The molecule has 1 aliphatic carbocycles. The van der Waals surface area contributed by atoms with E-state index in [1.165, 1.54) is 6.08 Å². The summed E-state index contributed by atoms with van der Waals surface area (Å²) in [5.74, 6) is -4.69. The normalized spacial score (nSPS) is 23.6. The second-order valence-corrected chi connectivity index (χ2v) is 9.03. The van der Waals surface area contributed by atoms with E-state index in [0.29, 0.717) is 5.56 Å². The van der Waals surface area contributed by atoms with E-state index < -0.39 is 42.1 Å². The quantitative estimate of drug-likeness (QED) is 0.486. The van der Waals surface area contributed by atoms with Crippen LogP contribution in [0.1, 0.15) is 32.3 Å². The molecule has 0 spiro atoms. The van der Waals surface area contributed by atoms with Crippen LogP contribution in [-0.4, -0.2) is 71.5 Å². The molecule has 1 fully saturated rings. The molecule has 188 valence electrons. The zero-order valence-corrected chi connectivity index (χ0v) is 19.1.